The van der Waals surface area contributed by atoms with Gasteiger partial charge in [-0.1, -0.05) is 43.0 Å². The number of oxazole rings is 1. The van der Waals surface area contributed by atoms with E-state index >= 15 is 0 Å². The maximum atomic E-state index is 11.8. The molecule has 0 amide bonds. The molecule has 1 aromatic heterocycles. The first-order valence-electron chi connectivity index (χ1n) is 15.0. The van der Waals surface area contributed by atoms with Gasteiger partial charge in [0.15, 0.2) is 6.54 Å². The van der Waals surface area contributed by atoms with Crippen molar-refractivity contribution in [2.24, 2.45) is 0 Å². The molecule has 0 saturated heterocycles. The maximum Gasteiger partial charge on any atom is 1.00 e. The number of nitrogens with zero attached hydrogens (tertiary/aromatic N) is 2. The third kappa shape index (κ3) is 8.46. The van der Waals surface area contributed by atoms with E-state index in [1.54, 1.807) is 11.8 Å². The van der Waals surface area contributed by atoms with Crippen molar-refractivity contribution >= 4 is 65.6 Å². The van der Waals surface area contributed by atoms with Crippen LogP contribution in [0.15, 0.2) is 74.5 Å². The summed E-state index contributed by atoms with van der Waals surface area (Å²) < 4.78 is 75.2. The summed E-state index contributed by atoms with van der Waals surface area (Å²) in [5.41, 5.74) is 5.90. The Kier molecular flexibility index (Phi) is 11.9. The van der Waals surface area contributed by atoms with Crippen molar-refractivity contribution in [3.63, 3.8) is 0 Å². The first-order chi connectivity index (χ1) is 21.2. The Balaban J connectivity index is 0.00000480. The summed E-state index contributed by atoms with van der Waals surface area (Å²) in [6.45, 7) is 8.56. The summed E-state index contributed by atoms with van der Waals surface area (Å²) in [7, 11) is -8.46. The molecule has 0 spiro atoms. The number of hydrogen-bond acceptors (Lipinski definition) is 8. The first-order valence-corrected chi connectivity index (χ1v) is 18.9. The zero-order valence-electron chi connectivity index (χ0n) is 26.8. The molecular formula is C33H38N2NaO7S3+. The number of unbranched alkanes of at least 4 members (excludes halogenated alkanes) is 1. The average molecular weight is 694 g/mol. The molecule has 5 rings (SSSR count). The maximum absolute atomic E-state index is 11.8. The van der Waals surface area contributed by atoms with Crippen LogP contribution < -0.4 is 39.0 Å². The topological polar surface area (TPSA) is 132 Å². The van der Waals surface area contributed by atoms with E-state index in [0.29, 0.717) is 37.4 Å². The third-order valence-corrected chi connectivity index (χ3v) is 11.4. The first kappa shape index (κ1) is 36.7. The van der Waals surface area contributed by atoms with E-state index in [1.165, 1.54) is 12.5 Å². The standard InChI is InChI=1S/C33H38N2O7S3.Na/c1-5-25(21-32-34(15-8-9-17-44(36,37)38)28-18-22(2)23(3)19-30(28)43-32)20-31-35(16-14-24(4)45(39,40)41)33-27-11-7-6-10-26(27)12-13-29(33)42-31;/h6-7,10-13,18-21,24H,5,8-9,14-17H2,1-4H3,(H-,36,37,38,39,40,41);/q;+1. The van der Waals surface area contributed by atoms with Gasteiger partial charge < -0.3 is 13.9 Å². The quantitative estimate of drug-likeness (QED) is 0.102. The number of benzene rings is 3. The minimum Gasteiger partial charge on any atom is -0.748 e. The van der Waals surface area contributed by atoms with Crippen LogP contribution in [0.2, 0.25) is 0 Å². The van der Waals surface area contributed by atoms with Gasteiger partial charge in [-0.3, -0.25) is 4.55 Å². The molecule has 1 aliphatic heterocycles. The fourth-order valence-electron chi connectivity index (χ4n) is 5.47. The van der Waals surface area contributed by atoms with Crippen LogP contribution in [0.25, 0.3) is 27.9 Å². The van der Waals surface area contributed by atoms with Crippen molar-refractivity contribution < 1.29 is 64.5 Å². The molecule has 2 heterocycles. The van der Waals surface area contributed by atoms with Crippen LogP contribution in [0.5, 0.6) is 0 Å². The molecule has 1 unspecified atom stereocenters. The molecule has 0 saturated carbocycles. The second-order valence-electron chi connectivity index (χ2n) is 11.5. The average Bonchev–Trinajstić information content (AvgIpc) is 3.49. The Hall–Kier alpha value is -2.16. The minimum absolute atomic E-state index is 0. The van der Waals surface area contributed by atoms with Gasteiger partial charge in [0.1, 0.15) is 0 Å². The van der Waals surface area contributed by atoms with Crippen molar-refractivity contribution in [1.82, 2.24) is 0 Å². The number of rotatable bonds is 12. The van der Waals surface area contributed by atoms with E-state index in [1.807, 2.05) is 47.0 Å². The van der Waals surface area contributed by atoms with Crippen LogP contribution in [0, 0.1) is 13.8 Å². The zero-order chi connectivity index (χ0) is 32.5. The smallest absolute Gasteiger partial charge is 0.748 e. The van der Waals surface area contributed by atoms with Gasteiger partial charge in [-0.2, -0.15) is 13.0 Å². The Morgan fingerprint density at radius 2 is 1.80 bits per heavy atom. The van der Waals surface area contributed by atoms with E-state index in [2.05, 4.69) is 43.9 Å². The fraction of sp³-hybridized carbons (Fsp3) is 0.364. The number of anilines is 1. The van der Waals surface area contributed by atoms with Crippen molar-refractivity contribution in [3.05, 3.63) is 82.2 Å². The van der Waals surface area contributed by atoms with Crippen LogP contribution in [-0.2, 0) is 26.8 Å². The van der Waals surface area contributed by atoms with Gasteiger partial charge in [-0.15, -0.1) is 0 Å². The number of thioether (sulfide) groups is 1. The monoisotopic (exact) mass is 693 g/mol. The molecule has 0 aliphatic carbocycles. The molecule has 3 aromatic carbocycles. The number of fused-ring (bicyclic) bond motifs is 4. The third-order valence-electron chi connectivity index (χ3n) is 8.28. The van der Waals surface area contributed by atoms with E-state index in [0.717, 1.165) is 43.0 Å². The van der Waals surface area contributed by atoms with Crippen molar-refractivity contribution in [3.8, 4) is 0 Å². The predicted molar refractivity (Wildman–Crippen MR) is 179 cm³/mol. The molecule has 0 bridgehead atoms. The SMILES string of the molecule is CCC(/C=C1\Sc2cc(C)c(C)cc2N1CCCCS(=O)(=O)[O-])=C\c1oc2ccc3ccccc3c2[n+]1CCC(C)S(=O)(=O)O.[Na+]. The van der Waals surface area contributed by atoms with Crippen LogP contribution >= 0.6 is 11.8 Å². The Morgan fingerprint density at radius 3 is 2.50 bits per heavy atom. The van der Waals surface area contributed by atoms with E-state index in [-0.39, 0.29) is 48.2 Å². The molecule has 9 nitrogen and oxygen atoms in total. The largest absolute Gasteiger partial charge is 1.00 e. The van der Waals surface area contributed by atoms with Gasteiger partial charge in [0, 0.05) is 23.6 Å². The van der Waals surface area contributed by atoms with E-state index in [9.17, 15) is 25.9 Å². The molecule has 1 N–H and O–H groups in total. The van der Waals surface area contributed by atoms with Crippen molar-refractivity contribution in [2.45, 2.75) is 70.1 Å². The molecule has 13 heteroatoms. The van der Waals surface area contributed by atoms with Gasteiger partial charge in [0.05, 0.1) is 37.5 Å². The van der Waals surface area contributed by atoms with Gasteiger partial charge in [-0.05, 0) is 92.5 Å². The van der Waals surface area contributed by atoms with Gasteiger partial charge in [0.25, 0.3) is 15.6 Å². The van der Waals surface area contributed by atoms with Crippen molar-refractivity contribution in [2.75, 3.05) is 17.2 Å². The van der Waals surface area contributed by atoms with Gasteiger partial charge in [-0.25, -0.2) is 8.42 Å². The summed E-state index contributed by atoms with van der Waals surface area (Å²) in [4.78, 5) is 3.29. The van der Waals surface area contributed by atoms with E-state index in [4.69, 9.17) is 4.42 Å². The zero-order valence-corrected chi connectivity index (χ0v) is 31.3. The number of hydrogen-bond donors (Lipinski definition) is 1. The molecule has 240 valence electrons. The second-order valence-corrected chi connectivity index (χ2v) is 15.9. The predicted octanol–water partition coefficient (Wildman–Crippen LogP) is 3.73. The number of aryl methyl sites for hydroxylation is 3. The molecule has 0 radical (unpaired) electrons. The molecule has 1 aliphatic rings. The van der Waals surface area contributed by atoms with Gasteiger partial charge >= 0.3 is 35.4 Å². The van der Waals surface area contributed by atoms with Crippen molar-refractivity contribution in [1.29, 1.82) is 0 Å². The number of aromatic nitrogens is 1. The fourth-order valence-corrected chi connectivity index (χ4v) is 7.67. The molecule has 4 aromatic rings. The normalized spacial score (nSPS) is 15.5. The Bertz CT molecular complexity index is 2040. The number of allylic oxidation sites excluding steroid dienone is 2. The second kappa shape index (κ2) is 14.9. The molecule has 0 fully saturated rings. The van der Waals surface area contributed by atoms with Crippen LogP contribution in [0.4, 0.5) is 5.69 Å². The van der Waals surface area contributed by atoms with Gasteiger partial charge in [0.2, 0.25) is 5.58 Å². The molecule has 1 atom stereocenters. The van der Waals surface area contributed by atoms with Crippen LogP contribution in [0.1, 0.15) is 56.5 Å². The summed E-state index contributed by atoms with van der Waals surface area (Å²) in [5, 5.41) is 2.05. The molecule has 46 heavy (non-hydrogen) atoms. The molecular weight excluding hydrogens is 656 g/mol. The Labute approximate surface area is 297 Å². The Morgan fingerprint density at radius 1 is 1.09 bits per heavy atom. The summed E-state index contributed by atoms with van der Waals surface area (Å²) in [6.07, 6.45) is 5.78. The minimum atomic E-state index is -4.27. The van der Waals surface area contributed by atoms with Crippen LogP contribution in [-0.4, -0.2) is 43.5 Å². The summed E-state index contributed by atoms with van der Waals surface area (Å²) >= 11 is 1.65. The summed E-state index contributed by atoms with van der Waals surface area (Å²) in [6, 6.07) is 16.2. The van der Waals surface area contributed by atoms with Crippen LogP contribution in [0.3, 0.4) is 0 Å². The van der Waals surface area contributed by atoms with E-state index < -0.39 is 25.5 Å². The summed E-state index contributed by atoms with van der Waals surface area (Å²) in [5.74, 6) is 0.182.